The van der Waals surface area contributed by atoms with Crippen LogP contribution in [0.15, 0.2) is 41.1 Å². The molecule has 7 heteroatoms. The van der Waals surface area contributed by atoms with Crippen molar-refractivity contribution in [2.75, 3.05) is 23.3 Å². The summed E-state index contributed by atoms with van der Waals surface area (Å²) in [5.74, 6) is 0.755. The molecule has 2 heterocycles. The van der Waals surface area contributed by atoms with E-state index in [0.717, 1.165) is 47.6 Å². The summed E-state index contributed by atoms with van der Waals surface area (Å²) >= 11 is 3.42. The first-order valence-electron chi connectivity index (χ1n) is 7.97. The molecule has 24 heavy (non-hydrogen) atoms. The summed E-state index contributed by atoms with van der Waals surface area (Å²) < 4.78 is 1.00. The van der Waals surface area contributed by atoms with E-state index in [1.165, 1.54) is 0 Å². The van der Waals surface area contributed by atoms with Crippen LogP contribution in [0.25, 0.3) is 0 Å². The Bertz CT molecular complexity index is 701. The summed E-state index contributed by atoms with van der Waals surface area (Å²) in [5.41, 5.74) is 1.85. The summed E-state index contributed by atoms with van der Waals surface area (Å²) in [7, 11) is 0. The molecule has 0 saturated carbocycles. The Hall–Kier alpha value is -2.15. The number of hydrogen-bond donors (Lipinski definition) is 2. The van der Waals surface area contributed by atoms with E-state index in [4.69, 9.17) is 0 Å². The fourth-order valence-corrected chi connectivity index (χ4v) is 3.27. The SMILES string of the molecule is Cc1cc(Br)ccc1NC(=O)NC1CCN(c2ncccn2)CC1. The first-order chi connectivity index (χ1) is 11.6. The van der Waals surface area contributed by atoms with Crippen molar-refractivity contribution in [2.24, 2.45) is 0 Å². The van der Waals surface area contributed by atoms with Crippen LogP contribution in [0.3, 0.4) is 0 Å². The number of hydrogen-bond acceptors (Lipinski definition) is 4. The van der Waals surface area contributed by atoms with Crippen LogP contribution in [0.5, 0.6) is 0 Å². The fourth-order valence-electron chi connectivity index (χ4n) is 2.79. The minimum absolute atomic E-state index is 0.158. The van der Waals surface area contributed by atoms with Crippen LogP contribution < -0.4 is 15.5 Å². The van der Waals surface area contributed by atoms with E-state index in [1.807, 2.05) is 31.2 Å². The van der Waals surface area contributed by atoms with E-state index in [2.05, 4.69) is 41.4 Å². The van der Waals surface area contributed by atoms with Crippen molar-refractivity contribution < 1.29 is 4.79 Å². The Morgan fingerprint density at radius 1 is 1.25 bits per heavy atom. The molecule has 0 spiro atoms. The van der Waals surface area contributed by atoms with Gasteiger partial charge in [-0.1, -0.05) is 15.9 Å². The normalized spacial score (nSPS) is 15.2. The number of urea groups is 1. The van der Waals surface area contributed by atoms with Crippen LogP contribution in [0.1, 0.15) is 18.4 Å². The van der Waals surface area contributed by atoms with Crippen LogP contribution in [-0.2, 0) is 0 Å². The second kappa shape index (κ2) is 7.61. The number of benzene rings is 1. The number of aromatic nitrogens is 2. The van der Waals surface area contributed by atoms with Crippen molar-refractivity contribution in [2.45, 2.75) is 25.8 Å². The van der Waals surface area contributed by atoms with Crippen LogP contribution in [0.2, 0.25) is 0 Å². The first kappa shape index (κ1) is 16.7. The molecular weight excluding hydrogens is 370 g/mol. The quantitative estimate of drug-likeness (QED) is 0.844. The van der Waals surface area contributed by atoms with Gasteiger partial charge in [0.25, 0.3) is 0 Å². The number of aryl methyl sites for hydroxylation is 1. The molecule has 1 saturated heterocycles. The number of nitrogens with one attached hydrogen (secondary N) is 2. The second-order valence-electron chi connectivity index (χ2n) is 5.87. The predicted octanol–water partition coefficient (Wildman–Crippen LogP) is 3.34. The second-order valence-corrected chi connectivity index (χ2v) is 6.78. The smallest absolute Gasteiger partial charge is 0.319 e. The predicted molar refractivity (Wildman–Crippen MR) is 98.3 cm³/mol. The first-order valence-corrected chi connectivity index (χ1v) is 8.77. The van der Waals surface area contributed by atoms with Gasteiger partial charge in [-0.15, -0.1) is 0 Å². The third-order valence-electron chi connectivity index (χ3n) is 4.10. The topological polar surface area (TPSA) is 70.2 Å². The van der Waals surface area contributed by atoms with Gasteiger partial charge in [-0.25, -0.2) is 14.8 Å². The van der Waals surface area contributed by atoms with E-state index in [9.17, 15) is 4.79 Å². The van der Waals surface area contributed by atoms with Gasteiger partial charge in [0.1, 0.15) is 0 Å². The maximum Gasteiger partial charge on any atom is 0.319 e. The number of carbonyl (C=O) groups is 1. The standard InChI is InChI=1S/C17H20BrN5O/c1-12-11-13(18)3-4-15(12)22-17(24)21-14-5-9-23(10-6-14)16-19-7-2-8-20-16/h2-4,7-8,11,14H,5-6,9-10H2,1H3,(H2,21,22,24). The summed E-state index contributed by atoms with van der Waals surface area (Å²) in [6.07, 6.45) is 5.26. The molecule has 1 aliphatic rings. The number of nitrogens with zero attached hydrogens (tertiary/aromatic N) is 3. The molecular formula is C17H20BrN5O. The Balaban J connectivity index is 1.50. The van der Waals surface area contributed by atoms with Crippen molar-refractivity contribution in [3.8, 4) is 0 Å². The number of amides is 2. The van der Waals surface area contributed by atoms with Gasteiger partial charge in [-0.3, -0.25) is 0 Å². The van der Waals surface area contributed by atoms with E-state index in [0.29, 0.717) is 0 Å². The van der Waals surface area contributed by atoms with Gasteiger partial charge in [-0.2, -0.15) is 0 Å². The molecule has 0 aliphatic carbocycles. The van der Waals surface area contributed by atoms with Crippen molar-refractivity contribution in [3.05, 3.63) is 46.7 Å². The molecule has 2 N–H and O–H groups in total. The van der Waals surface area contributed by atoms with Gasteiger partial charge in [0.2, 0.25) is 5.95 Å². The highest BCUT2D eigenvalue weighted by molar-refractivity contribution is 9.10. The average molecular weight is 390 g/mol. The summed E-state index contributed by atoms with van der Waals surface area (Å²) in [4.78, 5) is 22.9. The van der Waals surface area contributed by atoms with Crippen molar-refractivity contribution in [1.82, 2.24) is 15.3 Å². The zero-order valence-corrected chi connectivity index (χ0v) is 15.1. The van der Waals surface area contributed by atoms with E-state index >= 15 is 0 Å². The highest BCUT2D eigenvalue weighted by Crippen LogP contribution is 2.20. The highest BCUT2D eigenvalue weighted by Gasteiger charge is 2.22. The minimum Gasteiger partial charge on any atom is -0.341 e. The van der Waals surface area contributed by atoms with Gasteiger partial charge in [-0.05, 0) is 49.6 Å². The van der Waals surface area contributed by atoms with Crippen molar-refractivity contribution in [3.63, 3.8) is 0 Å². The maximum absolute atomic E-state index is 12.2. The zero-order valence-electron chi connectivity index (χ0n) is 13.5. The molecule has 0 atom stereocenters. The lowest BCUT2D eigenvalue weighted by Crippen LogP contribution is -2.46. The molecule has 3 rings (SSSR count). The lowest BCUT2D eigenvalue weighted by molar-refractivity contribution is 0.246. The Morgan fingerprint density at radius 2 is 1.96 bits per heavy atom. The van der Waals surface area contributed by atoms with Gasteiger partial charge < -0.3 is 15.5 Å². The number of anilines is 2. The molecule has 1 aromatic carbocycles. The molecule has 2 amide bonds. The molecule has 1 fully saturated rings. The lowest BCUT2D eigenvalue weighted by Gasteiger charge is -2.32. The van der Waals surface area contributed by atoms with E-state index in [1.54, 1.807) is 12.4 Å². The van der Waals surface area contributed by atoms with Crippen LogP contribution in [0, 0.1) is 6.92 Å². The molecule has 1 aliphatic heterocycles. The zero-order chi connectivity index (χ0) is 16.9. The fraction of sp³-hybridized carbons (Fsp3) is 0.353. The summed E-state index contributed by atoms with van der Waals surface area (Å²) in [5, 5.41) is 5.97. The largest absolute Gasteiger partial charge is 0.341 e. The molecule has 2 aromatic rings. The number of rotatable bonds is 3. The highest BCUT2D eigenvalue weighted by atomic mass is 79.9. The monoisotopic (exact) mass is 389 g/mol. The number of piperidine rings is 1. The third-order valence-corrected chi connectivity index (χ3v) is 4.60. The van der Waals surface area contributed by atoms with Crippen LogP contribution in [0.4, 0.5) is 16.4 Å². The lowest BCUT2D eigenvalue weighted by atomic mass is 10.1. The van der Waals surface area contributed by atoms with Crippen molar-refractivity contribution >= 4 is 33.6 Å². The van der Waals surface area contributed by atoms with Crippen LogP contribution >= 0.6 is 15.9 Å². The minimum atomic E-state index is -0.158. The Kier molecular flexibility index (Phi) is 5.30. The molecule has 0 bridgehead atoms. The molecule has 0 radical (unpaired) electrons. The maximum atomic E-state index is 12.2. The molecule has 1 aromatic heterocycles. The van der Waals surface area contributed by atoms with E-state index in [-0.39, 0.29) is 12.1 Å². The van der Waals surface area contributed by atoms with Crippen LogP contribution in [-0.4, -0.2) is 35.1 Å². The Morgan fingerprint density at radius 3 is 2.62 bits per heavy atom. The van der Waals surface area contributed by atoms with Gasteiger partial charge >= 0.3 is 6.03 Å². The Labute approximate surface area is 149 Å². The van der Waals surface area contributed by atoms with Crippen molar-refractivity contribution in [1.29, 1.82) is 0 Å². The molecule has 0 unspecified atom stereocenters. The van der Waals surface area contributed by atoms with E-state index < -0.39 is 0 Å². The number of halogens is 1. The molecule has 126 valence electrons. The summed E-state index contributed by atoms with van der Waals surface area (Å²) in [6.45, 7) is 3.65. The molecule has 6 nitrogen and oxygen atoms in total. The third kappa shape index (κ3) is 4.23. The number of carbonyl (C=O) groups excluding carboxylic acids is 1. The summed E-state index contributed by atoms with van der Waals surface area (Å²) in [6, 6.07) is 7.62. The van der Waals surface area contributed by atoms with Gasteiger partial charge in [0.15, 0.2) is 0 Å². The average Bonchev–Trinajstić information content (AvgIpc) is 2.59. The van der Waals surface area contributed by atoms with Gasteiger partial charge in [0, 0.05) is 41.7 Å². The van der Waals surface area contributed by atoms with Gasteiger partial charge in [0.05, 0.1) is 0 Å².